The standard InChI is InChI=1S/C12H13NO2/c1-8-4-2-3-5-10(8)13-9-6-11(12(13)14)15-7-9/h2-5,9,11H,6-7H2,1H3. The van der Waals surface area contributed by atoms with E-state index in [1.807, 2.05) is 36.1 Å². The van der Waals surface area contributed by atoms with Gasteiger partial charge in [-0.25, -0.2) is 0 Å². The molecule has 0 spiro atoms. The number of hydrogen-bond acceptors (Lipinski definition) is 2. The first-order valence-corrected chi connectivity index (χ1v) is 5.27. The lowest BCUT2D eigenvalue weighted by Gasteiger charge is -2.28. The van der Waals surface area contributed by atoms with Crippen LogP contribution in [0.2, 0.25) is 0 Å². The maximum Gasteiger partial charge on any atom is 0.256 e. The van der Waals surface area contributed by atoms with Crippen molar-refractivity contribution in [3.05, 3.63) is 29.8 Å². The second-order valence-corrected chi connectivity index (χ2v) is 4.21. The third-order valence-electron chi connectivity index (χ3n) is 3.23. The van der Waals surface area contributed by atoms with Crippen LogP contribution in [0.1, 0.15) is 12.0 Å². The lowest BCUT2D eigenvalue weighted by Crippen LogP contribution is -2.42. The summed E-state index contributed by atoms with van der Waals surface area (Å²) in [4.78, 5) is 13.8. The lowest BCUT2D eigenvalue weighted by molar-refractivity contribution is -0.128. The molecule has 0 radical (unpaired) electrons. The van der Waals surface area contributed by atoms with Gasteiger partial charge in [0.15, 0.2) is 0 Å². The largest absolute Gasteiger partial charge is 0.366 e. The highest BCUT2D eigenvalue weighted by Gasteiger charge is 2.46. The van der Waals surface area contributed by atoms with Gasteiger partial charge in [-0.05, 0) is 18.6 Å². The van der Waals surface area contributed by atoms with Gasteiger partial charge in [-0.2, -0.15) is 0 Å². The van der Waals surface area contributed by atoms with E-state index in [4.69, 9.17) is 4.74 Å². The Kier molecular flexibility index (Phi) is 1.83. The zero-order valence-corrected chi connectivity index (χ0v) is 8.64. The molecule has 15 heavy (non-hydrogen) atoms. The Morgan fingerprint density at radius 3 is 2.87 bits per heavy atom. The Hall–Kier alpha value is -1.35. The van der Waals surface area contributed by atoms with Crippen molar-refractivity contribution in [2.24, 2.45) is 0 Å². The van der Waals surface area contributed by atoms with Crippen molar-refractivity contribution in [2.45, 2.75) is 25.5 Å². The van der Waals surface area contributed by atoms with Gasteiger partial charge in [0.25, 0.3) is 5.91 Å². The molecule has 1 amide bonds. The molecule has 0 N–H and O–H groups in total. The fourth-order valence-electron chi connectivity index (χ4n) is 2.45. The number of carbonyl (C=O) groups is 1. The highest BCUT2D eigenvalue weighted by Crippen LogP contribution is 2.34. The van der Waals surface area contributed by atoms with E-state index in [2.05, 4.69) is 0 Å². The molecule has 2 atom stereocenters. The molecule has 0 saturated carbocycles. The van der Waals surface area contributed by atoms with Gasteiger partial charge >= 0.3 is 0 Å². The van der Waals surface area contributed by atoms with Crippen molar-refractivity contribution >= 4 is 11.6 Å². The van der Waals surface area contributed by atoms with Crippen LogP contribution in [0.4, 0.5) is 5.69 Å². The Labute approximate surface area is 88.6 Å². The Balaban J connectivity index is 2.02. The number of morpholine rings is 1. The summed E-state index contributed by atoms with van der Waals surface area (Å²) in [5.41, 5.74) is 2.19. The first-order chi connectivity index (χ1) is 7.27. The van der Waals surface area contributed by atoms with Crippen LogP contribution in [0.25, 0.3) is 0 Å². The van der Waals surface area contributed by atoms with E-state index in [1.54, 1.807) is 0 Å². The minimum atomic E-state index is -0.186. The van der Waals surface area contributed by atoms with Crippen molar-refractivity contribution in [3.63, 3.8) is 0 Å². The van der Waals surface area contributed by atoms with Crippen molar-refractivity contribution in [1.29, 1.82) is 0 Å². The number of aryl methyl sites for hydroxylation is 1. The molecule has 2 bridgehead atoms. The second kappa shape index (κ2) is 3.07. The summed E-state index contributed by atoms with van der Waals surface area (Å²) in [6.45, 7) is 2.72. The topological polar surface area (TPSA) is 29.5 Å². The summed E-state index contributed by atoms with van der Waals surface area (Å²) < 4.78 is 5.36. The van der Waals surface area contributed by atoms with Crippen LogP contribution in [-0.2, 0) is 9.53 Å². The van der Waals surface area contributed by atoms with Crippen molar-refractivity contribution < 1.29 is 9.53 Å². The fraction of sp³-hybridized carbons (Fsp3) is 0.417. The molecule has 3 nitrogen and oxygen atoms in total. The molecule has 1 aromatic rings. The normalized spacial score (nSPS) is 28.9. The molecule has 3 rings (SSSR count). The Morgan fingerprint density at radius 2 is 2.20 bits per heavy atom. The Bertz CT molecular complexity index is 416. The number of nitrogens with zero attached hydrogens (tertiary/aromatic N) is 1. The smallest absolute Gasteiger partial charge is 0.256 e. The summed E-state index contributed by atoms with van der Waals surface area (Å²) in [5, 5.41) is 0. The summed E-state index contributed by atoms with van der Waals surface area (Å²) in [5.74, 6) is 0.126. The van der Waals surface area contributed by atoms with E-state index in [-0.39, 0.29) is 18.1 Å². The maximum absolute atomic E-state index is 11.9. The van der Waals surface area contributed by atoms with E-state index >= 15 is 0 Å². The van der Waals surface area contributed by atoms with Gasteiger partial charge in [0.2, 0.25) is 0 Å². The van der Waals surface area contributed by atoms with Crippen LogP contribution in [0.3, 0.4) is 0 Å². The molecular weight excluding hydrogens is 190 g/mol. The number of rotatable bonds is 1. The summed E-state index contributed by atoms with van der Waals surface area (Å²) >= 11 is 0. The van der Waals surface area contributed by atoms with Gasteiger partial charge in [0, 0.05) is 12.1 Å². The molecule has 1 aromatic carbocycles. The number of benzene rings is 1. The molecule has 3 heteroatoms. The van der Waals surface area contributed by atoms with Gasteiger partial charge in [0.05, 0.1) is 12.6 Å². The van der Waals surface area contributed by atoms with Gasteiger partial charge in [0.1, 0.15) is 6.10 Å². The number of amides is 1. The van der Waals surface area contributed by atoms with Gasteiger partial charge < -0.3 is 9.64 Å². The minimum Gasteiger partial charge on any atom is -0.366 e. The van der Waals surface area contributed by atoms with Crippen LogP contribution in [0.5, 0.6) is 0 Å². The predicted molar refractivity (Wildman–Crippen MR) is 56.8 cm³/mol. The van der Waals surface area contributed by atoms with E-state index in [9.17, 15) is 4.79 Å². The van der Waals surface area contributed by atoms with Crippen LogP contribution < -0.4 is 4.90 Å². The fourth-order valence-corrected chi connectivity index (χ4v) is 2.45. The Morgan fingerprint density at radius 1 is 1.40 bits per heavy atom. The summed E-state index contributed by atoms with van der Waals surface area (Å²) in [6, 6.07) is 8.27. The summed E-state index contributed by atoms with van der Waals surface area (Å²) in [6.07, 6.45) is 0.669. The predicted octanol–water partition coefficient (Wildman–Crippen LogP) is 1.50. The van der Waals surface area contributed by atoms with E-state index in [1.165, 1.54) is 0 Å². The number of hydrogen-bond donors (Lipinski definition) is 0. The van der Waals surface area contributed by atoms with Crippen LogP contribution in [0, 0.1) is 6.92 Å². The molecule has 0 aromatic heterocycles. The number of ether oxygens (including phenoxy) is 1. The molecule has 2 fully saturated rings. The summed E-state index contributed by atoms with van der Waals surface area (Å²) in [7, 11) is 0. The van der Waals surface area contributed by atoms with E-state index in [0.29, 0.717) is 6.61 Å². The molecule has 2 saturated heterocycles. The number of carbonyl (C=O) groups excluding carboxylic acids is 1. The molecule has 2 aliphatic heterocycles. The molecule has 78 valence electrons. The first-order valence-electron chi connectivity index (χ1n) is 5.27. The zero-order chi connectivity index (χ0) is 10.4. The number of anilines is 1. The van der Waals surface area contributed by atoms with Crippen LogP contribution in [-0.4, -0.2) is 24.7 Å². The van der Waals surface area contributed by atoms with E-state index in [0.717, 1.165) is 17.7 Å². The van der Waals surface area contributed by atoms with Gasteiger partial charge in [-0.15, -0.1) is 0 Å². The molecule has 2 heterocycles. The van der Waals surface area contributed by atoms with Crippen molar-refractivity contribution in [2.75, 3.05) is 11.5 Å². The highest BCUT2D eigenvalue weighted by molar-refractivity contribution is 6.00. The monoisotopic (exact) mass is 203 g/mol. The van der Waals surface area contributed by atoms with Crippen LogP contribution >= 0.6 is 0 Å². The number of fused-ring (bicyclic) bond motifs is 2. The van der Waals surface area contributed by atoms with Gasteiger partial charge in [-0.3, -0.25) is 4.79 Å². The third-order valence-corrected chi connectivity index (χ3v) is 3.23. The molecule has 2 unspecified atom stereocenters. The van der Waals surface area contributed by atoms with Crippen molar-refractivity contribution in [3.8, 4) is 0 Å². The number of para-hydroxylation sites is 1. The minimum absolute atomic E-state index is 0.126. The van der Waals surface area contributed by atoms with Crippen molar-refractivity contribution in [1.82, 2.24) is 0 Å². The molecule has 0 aliphatic carbocycles. The first kappa shape index (κ1) is 8.92. The maximum atomic E-state index is 11.9. The second-order valence-electron chi connectivity index (χ2n) is 4.21. The third kappa shape index (κ3) is 1.20. The van der Waals surface area contributed by atoms with E-state index < -0.39 is 0 Å². The van der Waals surface area contributed by atoms with Crippen LogP contribution in [0.15, 0.2) is 24.3 Å². The van der Waals surface area contributed by atoms with Gasteiger partial charge in [-0.1, -0.05) is 18.2 Å². The quantitative estimate of drug-likeness (QED) is 0.692. The average molecular weight is 203 g/mol. The lowest BCUT2D eigenvalue weighted by atomic mass is 10.1. The average Bonchev–Trinajstić information content (AvgIpc) is 2.80. The molecular formula is C12H13NO2. The molecule has 2 aliphatic rings. The highest BCUT2D eigenvalue weighted by atomic mass is 16.5. The SMILES string of the molecule is Cc1ccccc1N1C(=O)C2CC1CO2. The zero-order valence-electron chi connectivity index (χ0n) is 8.64.